The SMILES string of the molecule is CCc1ccc(OC(C)c2nnc(SCC(=O)Nc3sccc3C#N)n2C)cc1. The number of nitriles is 1. The van der Waals surface area contributed by atoms with Gasteiger partial charge in [0.2, 0.25) is 5.91 Å². The number of ether oxygens (including phenoxy) is 1. The van der Waals surface area contributed by atoms with Crippen LogP contribution < -0.4 is 10.1 Å². The zero-order chi connectivity index (χ0) is 20.8. The smallest absolute Gasteiger partial charge is 0.235 e. The molecular weight excluding hydrogens is 406 g/mol. The summed E-state index contributed by atoms with van der Waals surface area (Å²) in [6.45, 7) is 4.03. The number of carbonyl (C=O) groups is 1. The van der Waals surface area contributed by atoms with Crippen molar-refractivity contribution < 1.29 is 9.53 Å². The van der Waals surface area contributed by atoms with Gasteiger partial charge in [-0.3, -0.25) is 4.79 Å². The number of aryl methyl sites for hydroxylation is 1. The molecule has 150 valence electrons. The Morgan fingerprint density at radius 2 is 2.10 bits per heavy atom. The van der Waals surface area contributed by atoms with Crippen molar-refractivity contribution in [2.24, 2.45) is 7.05 Å². The van der Waals surface area contributed by atoms with Crippen LogP contribution in [0.1, 0.15) is 36.9 Å². The van der Waals surface area contributed by atoms with E-state index in [1.54, 1.807) is 11.4 Å². The third-order valence-electron chi connectivity index (χ3n) is 4.25. The van der Waals surface area contributed by atoms with Gasteiger partial charge in [0, 0.05) is 7.05 Å². The summed E-state index contributed by atoms with van der Waals surface area (Å²) in [6, 6.07) is 11.7. The van der Waals surface area contributed by atoms with Crippen molar-refractivity contribution in [3.05, 3.63) is 52.7 Å². The molecule has 0 saturated carbocycles. The Morgan fingerprint density at radius 1 is 1.34 bits per heavy atom. The Labute approximate surface area is 177 Å². The molecule has 1 aromatic carbocycles. The third kappa shape index (κ3) is 5.16. The molecule has 0 aliphatic rings. The first-order valence-corrected chi connectivity index (χ1v) is 10.9. The van der Waals surface area contributed by atoms with Crippen LogP contribution in [0.3, 0.4) is 0 Å². The van der Waals surface area contributed by atoms with Gasteiger partial charge in [-0.2, -0.15) is 5.26 Å². The van der Waals surface area contributed by atoms with Gasteiger partial charge in [0.05, 0.1) is 11.3 Å². The first-order chi connectivity index (χ1) is 14.0. The van der Waals surface area contributed by atoms with Gasteiger partial charge in [-0.05, 0) is 42.5 Å². The largest absolute Gasteiger partial charge is 0.483 e. The molecule has 0 radical (unpaired) electrons. The zero-order valence-corrected chi connectivity index (χ0v) is 18.0. The fourth-order valence-electron chi connectivity index (χ4n) is 2.65. The molecule has 0 aliphatic heterocycles. The van der Waals surface area contributed by atoms with Crippen LogP contribution in [0, 0.1) is 11.3 Å². The van der Waals surface area contributed by atoms with Gasteiger partial charge in [0.15, 0.2) is 17.1 Å². The van der Waals surface area contributed by atoms with Gasteiger partial charge < -0.3 is 14.6 Å². The molecule has 3 rings (SSSR count). The molecule has 0 aliphatic carbocycles. The maximum absolute atomic E-state index is 12.2. The van der Waals surface area contributed by atoms with Crippen molar-refractivity contribution in [1.82, 2.24) is 14.8 Å². The number of hydrogen-bond donors (Lipinski definition) is 1. The first kappa shape index (κ1) is 20.9. The lowest BCUT2D eigenvalue weighted by atomic mass is 10.2. The maximum atomic E-state index is 12.2. The molecule has 0 fully saturated rings. The molecule has 3 aromatic rings. The highest BCUT2D eigenvalue weighted by atomic mass is 32.2. The predicted molar refractivity (Wildman–Crippen MR) is 114 cm³/mol. The van der Waals surface area contributed by atoms with Gasteiger partial charge in [-0.1, -0.05) is 30.8 Å². The predicted octanol–water partition coefficient (Wildman–Crippen LogP) is 4.18. The fraction of sp³-hybridized carbons (Fsp3) is 0.300. The molecule has 29 heavy (non-hydrogen) atoms. The van der Waals surface area contributed by atoms with E-state index in [1.165, 1.54) is 28.7 Å². The number of hydrogen-bond acceptors (Lipinski definition) is 7. The summed E-state index contributed by atoms with van der Waals surface area (Å²) >= 11 is 2.61. The van der Waals surface area contributed by atoms with Crippen LogP contribution in [0.5, 0.6) is 5.75 Å². The Balaban J connectivity index is 1.58. The highest BCUT2D eigenvalue weighted by Gasteiger charge is 2.18. The zero-order valence-electron chi connectivity index (χ0n) is 16.4. The summed E-state index contributed by atoms with van der Waals surface area (Å²) in [5, 5.41) is 23.1. The number of benzene rings is 1. The molecule has 2 aromatic heterocycles. The van der Waals surface area contributed by atoms with Crippen LogP contribution in [0.15, 0.2) is 40.9 Å². The standard InChI is InChI=1S/C20H21N5O2S2/c1-4-14-5-7-16(8-6-14)27-13(2)18-23-24-20(25(18)3)29-12-17(26)22-19-15(11-21)9-10-28-19/h5-10,13H,4,12H2,1-3H3,(H,22,26). The second kappa shape index (κ2) is 9.58. The van der Waals surface area contributed by atoms with Crippen LogP contribution in [-0.4, -0.2) is 26.4 Å². The highest BCUT2D eigenvalue weighted by molar-refractivity contribution is 7.99. The van der Waals surface area contributed by atoms with E-state index >= 15 is 0 Å². The van der Waals surface area contributed by atoms with Crippen molar-refractivity contribution >= 4 is 34.0 Å². The summed E-state index contributed by atoms with van der Waals surface area (Å²) in [7, 11) is 1.85. The summed E-state index contributed by atoms with van der Waals surface area (Å²) in [6.07, 6.45) is 0.699. The lowest BCUT2D eigenvalue weighted by Gasteiger charge is -2.14. The van der Waals surface area contributed by atoms with E-state index < -0.39 is 0 Å². The summed E-state index contributed by atoms with van der Waals surface area (Å²) in [5.74, 6) is 1.43. The molecule has 7 nitrogen and oxygen atoms in total. The van der Waals surface area contributed by atoms with E-state index in [9.17, 15) is 4.79 Å². The molecule has 1 atom stereocenters. The molecule has 1 unspecified atom stereocenters. The number of nitrogens with zero attached hydrogens (tertiary/aromatic N) is 4. The number of aromatic nitrogens is 3. The average Bonchev–Trinajstić information content (AvgIpc) is 3.32. The quantitative estimate of drug-likeness (QED) is 0.542. The van der Waals surface area contributed by atoms with Crippen molar-refractivity contribution in [3.8, 4) is 11.8 Å². The lowest BCUT2D eigenvalue weighted by Crippen LogP contribution is -2.14. The Kier molecular flexibility index (Phi) is 6.90. The molecular formula is C20H21N5O2S2. The monoisotopic (exact) mass is 427 g/mol. The van der Waals surface area contributed by atoms with E-state index in [1.807, 2.05) is 42.8 Å². The van der Waals surface area contributed by atoms with Crippen molar-refractivity contribution in [2.75, 3.05) is 11.1 Å². The fourth-order valence-corrected chi connectivity index (χ4v) is 4.13. The van der Waals surface area contributed by atoms with Gasteiger partial charge in [0.1, 0.15) is 16.8 Å². The second-order valence-electron chi connectivity index (χ2n) is 6.27. The number of carbonyl (C=O) groups excluding carboxylic acids is 1. The van der Waals surface area contributed by atoms with E-state index in [0.29, 0.717) is 21.5 Å². The van der Waals surface area contributed by atoms with E-state index in [0.717, 1.165) is 12.2 Å². The molecule has 2 heterocycles. The van der Waals surface area contributed by atoms with Crippen LogP contribution in [0.25, 0.3) is 0 Å². The number of amides is 1. The number of rotatable bonds is 8. The number of thiophene rings is 1. The maximum Gasteiger partial charge on any atom is 0.235 e. The number of thioether (sulfide) groups is 1. The van der Waals surface area contributed by atoms with Crippen LogP contribution >= 0.6 is 23.1 Å². The van der Waals surface area contributed by atoms with Gasteiger partial charge in [-0.25, -0.2) is 0 Å². The minimum atomic E-state index is -0.285. The second-order valence-corrected chi connectivity index (χ2v) is 8.13. The first-order valence-electron chi connectivity index (χ1n) is 9.07. The van der Waals surface area contributed by atoms with Gasteiger partial charge in [-0.15, -0.1) is 21.5 Å². The van der Waals surface area contributed by atoms with Gasteiger partial charge >= 0.3 is 0 Å². The Hall–Kier alpha value is -2.83. The molecule has 0 bridgehead atoms. The minimum Gasteiger partial charge on any atom is -0.483 e. The summed E-state index contributed by atoms with van der Waals surface area (Å²) in [5.41, 5.74) is 1.72. The molecule has 0 saturated heterocycles. The van der Waals surface area contributed by atoms with Crippen LogP contribution in [0.2, 0.25) is 0 Å². The third-order valence-corrected chi connectivity index (χ3v) is 6.10. The van der Waals surface area contributed by atoms with E-state index in [4.69, 9.17) is 10.00 Å². The Morgan fingerprint density at radius 3 is 2.79 bits per heavy atom. The van der Waals surface area contributed by atoms with Crippen LogP contribution in [-0.2, 0) is 18.3 Å². The number of nitrogens with one attached hydrogen (secondary N) is 1. The van der Waals surface area contributed by atoms with E-state index in [2.05, 4.69) is 28.5 Å². The lowest BCUT2D eigenvalue weighted by molar-refractivity contribution is -0.113. The summed E-state index contributed by atoms with van der Waals surface area (Å²) in [4.78, 5) is 12.2. The van der Waals surface area contributed by atoms with E-state index in [-0.39, 0.29) is 17.8 Å². The topological polar surface area (TPSA) is 92.8 Å². The van der Waals surface area contributed by atoms with Crippen molar-refractivity contribution in [3.63, 3.8) is 0 Å². The number of anilines is 1. The normalized spacial score (nSPS) is 11.7. The average molecular weight is 428 g/mol. The van der Waals surface area contributed by atoms with Gasteiger partial charge in [0.25, 0.3) is 0 Å². The Bertz CT molecular complexity index is 1020. The van der Waals surface area contributed by atoms with Crippen LogP contribution in [0.4, 0.5) is 5.00 Å². The molecule has 1 amide bonds. The van der Waals surface area contributed by atoms with Crippen molar-refractivity contribution in [2.45, 2.75) is 31.5 Å². The summed E-state index contributed by atoms with van der Waals surface area (Å²) < 4.78 is 7.80. The minimum absolute atomic E-state index is 0.169. The molecule has 1 N–H and O–H groups in total. The van der Waals surface area contributed by atoms with Crippen molar-refractivity contribution in [1.29, 1.82) is 5.26 Å². The molecule has 0 spiro atoms. The highest BCUT2D eigenvalue weighted by Crippen LogP contribution is 2.25. The molecule has 9 heteroatoms.